The fourth-order valence-electron chi connectivity index (χ4n) is 6.76. The predicted octanol–water partition coefficient (Wildman–Crippen LogP) is 2.18. The zero-order valence-corrected chi connectivity index (χ0v) is 31.8. The van der Waals surface area contributed by atoms with Crippen molar-refractivity contribution in [2.75, 3.05) is 27.2 Å². The van der Waals surface area contributed by atoms with Gasteiger partial charge in [-0.3, -0.25) is 28.8 Å². The van der Waals surface area contributed by atoms with Crippen LogP contribution in [-0.2, 0) is 33.5 Å². The number of alkyl carbamates (subject to hydrolysis) is 1. The van der Waals surface area contributed by atoms with Crippen LogP contribution < -0.4 is 21.3 Å². The molecular weight excluding hydrogens is 656 g/mol. The van der Waals surface area contributed by atoms with E-state index >= 15 is 0 Å². The number of amides is 6. The predicted molar refractivity (Wildman–Crippen MR) is 190 cm³/mol. The largest absolute Gasteiger partial charge is 0.447 e. The molecule has 0 aromatic heterocycles. The number of hydrogen-bond acceptors (Lipinski definition) is 8. The van der Waals surface area contributed by atoms with Gasteiger partial charge in [-0.2, -0.15) is 0 Å². The Hall–Kier alpha value is -4.49. The first-order chi connectivity index (χ1) is 23.6. The highest BCUT2D eigenvalue weighted by Gasteiger charge is 2.70. The Kier molecular flexibility index (Phi) is 13.0. The lowest BCUT2D eigenvalue weighted by molar-refractivity contribution is -0.145. The van der Waals surface area contributed by atoms with Crippen LogP contribution >= 0.6 is 0 Å². The van der Waals surface area contributed by atoms with Crippen molar-refractivity contribution < 1.29 is 38.3 Å². The number of benzene rings is 1. The molecule has 1 aliphatic carbocycles. The molecule has 4 N–H and O–H groups in total. The first-order valence-corrected chi connectivity index (χ1v) is 17.5. The van der Waals surface area contributed by atoms with E-state index < -0.39 is 77.7 Å². The number of rotatable bonds is 14. The number of nitrogens with one attached hydrogen (secondary N) is 4. The summed E-state index contributed by atoms with van der Waals surface area (Å²) >= 11 is 0. The summed E-state index contributed by atoms with van der Waals surface area (Å²) in [4.78, 5) is 95.9. The monoisotopic (exact) mass is 712 g/mol. The van der Waals surface area contributed by atoms with Gasteiger partial charge in [0.15, 0.2) is 0 Å². The van der Waals surface area contributed by atoms with E-state index in [1.54, 1.807) is 79.0 Å². The molecule has 282 valence electrons. The number of likely N-dealkylation sites (N-methyl/N-ethyl adjacent to an activating group) is 1. The Morgan fingerprint density at radius 2 is 1.55 bits per heavy atom. The average Bonchev–Trinajstić information content (AvgIpc) is 3.33. The third-order valence-corrected chi connectivity index (χ3v) is 9.58. The van der Waals surface area contributed by atoms with E-state index in [9.17, 15) is 33.6 Å². The third kappa shape index (κ3) is 10.1. The third-order valence-electron chi connectivity index (χ3n) is 9.58. The molecule has 1 aromatic rings. The van der Waals surface area contributed by atoms with Crippen LogP contribution in [0.25, 0.3) is 0 Å². The lowest BCUT2D eigenvalue weighted by Gasteiger charge is -2.37. The molecule has 14 heteroatoms. The Labute approximate surface area is 301 Å². The zero-order chi connectivity index (χ0) is 38.6. The minimum Gasteiger partial charge on any atom is -0.447 e. The molecule has 2 aliphatic rings. The highest BCUT2D eigenvalue weighted by molar-refractivity contribution is 6.38. The minimum absolute atomic E-state index is 0.0283. The van der Waals surface area contributed by atoms with Gasteiger partial charge in [0.05, 0.1) is 18.7 Å². The van der Waals surface area contributed by atoms with Crippen LogP contribution in [0.1, 0.15) is 80.3 Å². The number of likely N-dealkylation sites (tertiary alicyclic amines) is 1. The smallest absolute Gasteiger partial charge is 0.408 e. The summed E-state index contributed by atoms with van der Waals surface area (Å²) in [6.45, 7) is 16.2. The van der Waals surface area contributed by atoms with Gasteiger partial charge in [-0.1, -0.05) is 78.8 Å². The van der Waals surface area contributed by atoms with Crippen LogP contribution in [0.15, 0.2) is 30.3 Å². The van der Waals surface area contributed by atoms with E-state index in [2.05, 4.69) is 21.3 Å². The molecule has 2 fully saturated rings. The van der Waals surface area contributed by atoms with E-state index in [0.717, 1.165) is 0 Å². The molecule has 6 amide bonds. The second kappa shape index (κ2) is 16.2. The summed E-state index contributed by atoms with van der Waals surface area (Å²) in [5, 5.41) is 10.4. The van der Waals surface area contributed by atoms with Crippen molar-refractivity contribution in [3.05, 3.63) is 35.9 Å². The number of piperidine rings is 1. The summed E-state index contributed by atoms with van der Waals surface area (Å²) in [6, 6.07) is 4.45. The first kappa shape index (κ1) is 40.9. The standard InChI is InChI=1S/C37H56N6O8/c1-20(2)17-24(29(45)32(47)38-18-25(44)40-27(33(48)42(10)11)22-15-13-12-14-16-22)39-31(46)28-26-23(37(26,8)9)19-43(28)34(49)30(36(5,6)7)41-35(50)51-21(3)4/h12-16,20-21,23-24,26-28,30H,17-19H2,1-11H3,(H,38,47)(H,39,46)(H,40,44)(H,41,50)/t23-,24-,26+,27-,28-,30+/m0/s1. The van der Waals surface area contributed by atoms with E-state index in [-0.39, 0.29) is 35.5 Å². The molecule has 6 atom stereocenters. The van der Waals surface area contributed by atoms with Gasteiger partial charge in [-0.15, -0.1) is 0 Å². The number of nitrogens with zero attached hydrogens (tertiary/aromatic N) is 2. The highest BCUT2D eigenvalue weighted by atomic mass is 16.6. The molecule has 1 saturated heterocycles. The van der Waals surface area contributed by atoms with Gasteiger partial charge in [-0.25, -0.2) is 4.79 Å². The number of carbonyl (C=O) groups excluding carboxylic acids is 7. The summed E-state index contributed by atoms with van der Waals surface area (Å²) in [7, 11) is 3.12. The van der Waals surface area contributed by atoms with Gasteiger partial charge in [0.2, 0.25) is 29.4 Å². The number of ketones is 1. The fourth-order valence-corrected chi connectivity index (χ4v) is 6.76. The SMILES string of the molecule is CC(C)C[C@H](NC(=O)[C@@H]1[C@H]2[C@H](CN1C(=O)[C@@H](NC(=O)OC(C)C)C(C)(C)C)C2(C)C)C(=O)C(=O)NCC(=O)N[C@H](C(=O)N(C)C)c1ccccc1. The molecule has 1 heterocycles. The number of ether oxygens (including phenoxy) is 1. The van der Waals surface area contributed by atoms with Crippen molar-refractivity contribution in [2.24, 2.45) is 28.6 Å². The summed E-state index contributed by atoms with van der Waals surface area (Å²) in [5.41, 5.74) is -0.418. The molecule has 14 nitrogen and oxygen atoms in total. The van der Waals surface area contributed by atoms with Crippen LogP contribution in [0.2, 0.25) is 0 Å². The van der Waals surface area contributed by atoms with E-state index in [4.69, 9.17) is 4.74 Å². The van der Waals surface area contributed by atoms with Crippen molar-refractivity contribution in [3.8, 4) is 0 Å². The number of Topliss-reactive ketones (excluding diaryl/α,β-unsaturated/α-hetero) is 1. The number of fused-ring (bicyclic) bond motifs is 1. The van der Waals surface area contributed by atoms with Crippen LogP contribution in [0, 0.1) is 28.6 Å². The lowest BCUT2D eigenvalue weighted by atomic mass is 9.85. The summed E-state index contributed by atoms with van der Waals surface area (Å²) in [6.07, 6.45) is -1.02. The molecule has 1 aromatic carbocycles. The second-order valence-electron chi connectivity index (χ2n) is 16.2. The number of hydrogen-bond donors (Lipinski definition) is 4. The topological polar surface area (TPSA) is 183 Å². The molecule has 0 bridgehead atoms. The van der Waals surface area contributed by atoms with Crippen molar-refractivity contribution in [2.45, 2.75) is 99.0 Å². The molecule has 0 unspecified atom stereocenters. The van der Waals surface area contributed by atoms with Crippen molar-refractivity contribution in [1.82, 2.24) is 31.1 Å². The Balaban J connectivity index is 1.76. The van der Waals surface area contributed by atoms with Gasteiger partial charge >= 0.3 is 6.09 Å². The zero-order valence-electron chi connectivity index (χ0n) is 31.8. The molecule has 0 radical (unpaired) electrons. The number of carbonyl (C=O) groups is 7. The molecular formula is C37H56N6O8. The molecule has 1 saturated carbocycles. The van der Waals surface area contributed by atoms with Crippen molar-refractivity contribution in [1.29, 1.82) is 0 Å². The fraction of sp³-hybridized carbons (Fsp3) is 0.649. The quantitative estimate of drug-likeness (QED) is 0.212. The van der Waals surface area contributed by atoms with Crippen LogP contribution in [0.5, 0.6) is 0 Å². The summed E-state index contributed by atoms with van der Waals surface area (Å²) in [5.74, 6) is -4.37. The van der Waals surface area contributed by atoms with Gasteiger partial charge in [0, 0.05) is 20.6 Å². The average molecular weight is 713 g/mol. The Morgan fingerprint density at radius 1 is 0.941 bits per heavy atom. The van der Waals surface area contributed by atoms with Crippen LogP contribution in [0.3, 0.4) is 0 Å². The van der Waals surface area contributed by atoms with Crippen LogP contribution in [0.4, 0.5) is 4.79 Å². The maximum atomic E-state index is 14.1. The van der Waals surface area contributed by atoms with E-state index in [1.807, 2.05) is 27.7 Å². The first-order valence-electron chi connectivity index (χ1n) is 17.5. The van der Waals surface area contributed by atoms with E-state index in [1.165, 1.54) is 9.80 Å². The normalized spacial score (nSPS) is 20.7. The molecule has 1 aliphatic heterocycles. The second-order valence-corrected chi connectivity index (χ2v) is 16.2. The van der Waals surface area contributed by atoms with Crippen molar-refractivity contribution in [3.63, 3.8) is 0 Å². The maximum absolute atomic E-state index is 14.1. The maximum Gasteiger partial charge on any atom is 0.408 e. The Morgan fingerprint density at radius 3 is 2.08 bits per heavy atom. The van der Waals surface area contributed by atoms with E-state index in [0.29, 0.717) is 12.1 Å². The molecule has 3 rings (SSSR count). The molecule has 51 heavy (non-hydrogen) atoms. The Bertz CT molecular complexity index is 1490. The lowest BCUT2D eigenvalue weighted by Crippen LogP contribution is -2.60. The van der Waals surface area contributed by atoms with Crippen LogP contribution in [-0.4, -0.2) is 103 Å². The molecule has 0 spiro atoms. The highest BCUT2D eigenvalue weighted by Crippen LogP contribution is 2.65. The van der Waals surface area contributed by atoms with Gasteiger partial charge < -0.3 is 35.8 Å². The summed E-state index contributed by atoms with van der Waals surface area (Å²) < 4.78 is 5.24. The van der Waals surface area contributed by atoms with Gasteiger partial charge in [-0.05, 0) is 54.4 Å². The van der Waals surface area contributed by atoms with Gasteiger partial charge in [0.1, 0.15) is 18.1 Å². The minimum atomic E-state index is -1.23. The van der Waals surface area contributed by atoms with Gasteiger partial charge in [0.25, 0.3) is 5.91 Å². The van der Waals surface area contributed by atoms with Crippen molar-refractivity contribution >= 4 is 41.4 Å².